The first-order chi connectivity index (χ1) is 9.47. The Bertz CT molecular complexity index is 397. The van der Waals surface area contributed by atoms with Crippen LogP contribution in [0.15, 0.2) is 0 Å². The highest BCUT2D eigenvalue weighted by Gasteiger charge is 2.27. The van der Waals surface area contributed by atoms with Crippen LogP contribution >= 0.6 is 0 Å². The lowest BCUT2D eigenvalue weighted by atomic mass is 9.81. The predicted molar refractivity (Wildman–Crippen MR) is 82.6 cm³/mol. The molecular formula is C15H30N2O2S. The normalized spacial score (nSPS) is 33.2. The Hall–Kier alpha value is -0.130. The van der Waals surface area contributed by atoms with Crippen LogP contribution in [0.3, 0.4) is 0 Å². The zero-order valence-electron chi connectivity index (χ0n) is 13.0. The van der Waals surface area contributed by atoms with Gasteiger partial charge >= 0.3 is 0 Å². The van der Waals surface area contributed by atoms with Crippen molar-refractivity contribution in [2.24, 2.45) is 17.8 Å². The van der Waals surface area contributed by atoms with Crippen molar-refractivity contribution in [1.29, 1.82) is 0 Å². The fraction of sp³-hybridized carbons (Fsp3) is 1.00. The molecule has 118 valence electrons. The van der Waals surface area contributed by atoms with Crippen LogP contribution in [-0.4, -0.2) is 32.4 Å². The van der Waals surface area contributed by atoms with Crippen molar-refractivity contribution in [1.82, 2.24) is 9.03 Å². The molecule has 0 amide bonds. The Balaban J connectivity index is 1.74. The molecule has 0 spiro atoms. The molecular weight excluding hydrogens is 272 g/mol. The maximum absolute atomic E-state index is 12.3. The molecule has 1 saturated heterocycles. The second-order valence-corrected chi connectivity index (χ2v) is 8.69. The summed E-state index contributed by atoms with van der Waals surface area (Å²) in [7, 11) is -3.25. The van der Waals surface area contributed by atoms with Crippen LogP contribution in [-0.2, 0) is 10.2 Å². The van der Waals surface area contributed by atoms with E-state index in [1.165, 1.54) is 25.7 Å². The molecule has 0 aromatic carbocycles. The van der Waals surface area contributed by atoms with Crippen molar-refractivity contribution in [2.75, 3.05) is 19.6 Å². The van der Waals surface area contributed by atoms with Gasteiger partial charge in [-0.25, -0.2) is 4.72 Å². The van der Waals surface area contributed by atoms with Crippen molar-refractivity contribution in [2.45, 2.75) is 58.8 Å². The Labute approximate surface area is 124 Å². The van der Waals surface area contributed by atoms with Crippen LogP contribution in [0.4, 0.5) is 0 Å². The summed E-state index contributed by atoms with van der Waals surface area (Å²) in [5, 5.41) is 0. The molecule has 0 bridgehead atoms. The van der Waals surface area contributed by atoms with E-state index in [2.05, 4.69) is 18.6 Å². The maximum Gasteiger partial charge on any atom is 0.279 e. The molecule has 1 heterocycles. The zero-order valence-corrected chi connectivity index (χ0v) is 13.8. The molecule has 0 aromatic rings. The van der Waals surface area contributed by atoms with Crippen LogP contribution in [0.5, 0.6) is 0 Å². The van der Waals surface area contributed by atoms with E-state index in [0.29, 0.717) is 31.5 Å². The molecule has 1 aliphatic carbocycles. The van der Waals surface area contributed by atoms with Crippen LogP contribution in [0, 0.1) is 17.8 Å². The van der Waals surface area contributed by atoms with Gasteiger partial charge < -0.3 is 0 Å². The predicted octanol–water partition coefficient (Wildman–Crippen LogP) is 2.77. The molecule has 0 aromatic heterocycles. The van der Waals surface area contributed by atoms with E-state index in [1.807, 2.05) is 0 Å². The highest BCUT2D eigenvalue weighted by atomic mass is 32.2. The highest BCUT2D eigenvalue weighted by molar-refractivity contribution is 7.87. The van der Waals surface area contributed by atoms with Crippen molar-refractivity contribution in [3.05, 3.63) is 0 Å². The quantitative estimate of drug-likeness (QED) is 0.849. The minimum atomic E-state index is -3.25. The number of hydrogen-bond donors (Lipinski definition) is 1. The first-order valence-corrected chi connectivity index (χ1v) is 9.66. The van der Waals surface area contributed by atoms with E-state index in [4.69, 9.17) is 0 Å². The summed E-state index contributed by atoms with van der Waals surface area (Å²) in [6, 6.07) is 0. The van der Waals surface area contributed by atoms with Gasteiger partial charge in [0.25, 0.3) is 10.2 Å². The molecule has 0 unspecified atom stereocenters. The fourth-order valence-electron chi connectivity index (χ4n) is 3.67. The molecule has 4 nitrogen and oxygen atoms in total. The average molecular weight is 302 g/mol. The molecule has 0 radical (unpaired) electrons. The molecule has 1 N–H and O–H groups in total. The highest BCUT2D eigenvalue weighted by Crippen LogP contribution is 2.30. The van der Waals surface area contributed by atoms with Crippen molar-refractivity contribution < 1.29 is 8.42 Å². The summed E-state index contributed by atoms with van der Waals surface area (Å²) in [5.41, 5.74) is 0. The van der Waals surface area contributed by atoms with E-state index in [0.717, 1.165) is 25.2 Å². The number of piperidine rings is 1. The smallest absolute Gasteiger partial charge is 0.202 e. The van der Waals surface area contributed by atoms with Crippen molar-refractivity contribution in [3.8, 4) is 0 Å². The lowest BCUT2D eigenvalue weighted by Gasteiger charge is -2.30. The van der Waals surface area contributed by atoms with Gasteiger partial charge in [0.05, 0.1) is 0 Å². The number of hydrogen-bond acceptors (Lipinski definition) is 2. The van der Waals surface area contributed by atoms with Gasteiger partial charge in [0.2, 0.25) is 0 Å². The van der Waals surface area contributed by atoms with Gasteiger partial charge in [-0.3, -0.25) is 0 Å². The molecule has 1 saturated carbocycles. The van der Waals surface area contributed by atoms with E-state index >= 15 is 0 Å². The molecule has 1 aliphatic heterocycles. The molecule has 5 heteroatoms. The summed E-state index contributed by atoms with van der Waals surface area (Å²) >= 11 is 0. The summed E-state index contributed by atoms with van der Waals surface area (Å²) < 4.78 is 28.9. The van der Waals surface area contributed by atoms with Gasteiger partial charge in [-0.2, -0.15) is 12.7 Å². The van der Waals surface area contributed by atoms with Crippen LogP contribution in [0.2, 0.25) is 0 Å². The van der Waals surface area contributed by atoms with Crippen LogP contribution in [0.25, 0.3) is 0 Å². The standard InChI is InChI=1S/C15H30N2O2S/c1-13-5-3-7-15(11-13)8-9-16-20(18,19)17-10-4-6-14(2)12-17/h13-16H,3-12H2,1-2H3/t13-,14+,15+/m1/s1. The molecule has 2 fully saturated rings. The minimum absolute atomic E-state index is 0.486. The summed E-state index contributed by atoms with van der Waals surface area (Å²) in [6.07, 6.45) is 8.31. The first kappa shape index (κ1) is 16.2. The van der Waals surface area contributed by atoms with Crippen LogP contribution < -0.4 is 4.72 Å². The first-order valence-electron chi connectivity index (χ1n) is 8.22. The molecule has 20 heavy (non-hydrogen) atoms. The zero-order chi connectivity index (χ0) is 14.6. The molecule has 2 aliphatic rings. The van der Waals surface area contributed by atoms with Gasteiger partial charge in [-0.05, 0) is 43.4 Å². The van der Waals surface area contributed by atoms with E-state index in [9.17, 15) is 8.42 Å². The lowest BCUT2D eigenvalue weighted by molar-refractivity contribution is 0.265. The molecule has 2 rings (SSSR count). The summed E-state index contributed by atoms with van der Waals surface area (Å²) in [6.45, 7) is 6.40. The second kappa shape index (κ2) is 7.23. The topological polar surface area (TPSA) is 49.4 Å². The third kappa shape index (κ3) is 4.71. The largest absolute Gasteiger partial charge is 0.279 e. The van der Waals surface area contributed by atoms with Crippen molar-refractivity contribution in [3.63, 3.8) is 0 Å². The monoisotopic (exact) mass is 302 g/mol. The van der Waals surface area contributed by atoms with Gasteiger partial charge in [-0.15, -0.1) is 0 Å². The van der Waals surface area contributed by atoms with Gasteiger partial charge in [0, 0.05) is 19.6 Å². The number of nitrogens with zero attached hydrogens (tertiary/aromatic N) is 1. The van der Waals surface area contributed by atoms with Gasteiger partial charge in [0.15, 0.2) is 0 Å². The average Bonchev–Trinajstić information content (AvgIpc) is 2.38. The van der Waals surface area contributed by atoms with E-state index in [1.54, 1.807) is 4.31 Å². The molecule has 3 atom stereocenters. The Kier molecular flexibility index (Phi) is 5.87. The Morgan fingerprint density at radius 1 is 1.10 bits per heavy atom. The van der Waals surface area contributed by atoms with Gasteiger partial charge in [0.1, 0.15) is 0 Å². The lowest BCUT2D eigenvalue weighted by Crippen LogP contribution is -2.46. The second-order valence-electron chi connectivity index (χ2n) is 6.93. The maximum atomic E-state index is 12.3. The van der Waals surface area contributed by atoms with E-state index < -0.39 is 10.2 Å². The van der Waals surface area contributed by atoms with E-state index in [-0.39, 0.29) is 0 Å². The van der Waals surface area contributed by atoms with Crippen molar-refractivity contribution >= 4 is 10.2 Å². The number of nitrogens with one attached hydrogen (secondary N) is 1. The summed E-state index contributed by atoms with van der Waals surface area (Å²) in [5.74, 6) is 2.01. The fourth-order valence-corrected chi connectivity index (χ4v) is 5.05. The number of rotatable bonds is 5. The van der Waals surface area contributed by atoms with Crippen LogP contribution in [0.1, 0.15) is 58.8 Å². The Morgan fingerprint density at radius 2 is 1.85 bits per heavy atom. The minimum Gasteiger partial charge on any atom is -0.202 e. The SMILES string of the molecule is C[C@@H]1CCC[C@@H](CCNS(=O)(=O)N2CCC[C@H](C)C2)C1. The Morgan fingerprint density at radius 3 is 2.55 bits per heavy atom. The third-order valence-corrected chi connectivity index (χ3v) is 6.42. The van der Waals surface area contributed by atoms with Gasteiger partial charge in [-0.1, -0.05) is 33.1 Å². The summed E-state index contributed by atoms with van der Waals surface area (Å²) in [4.78, 5) is 0. The third-order valence-electron chi connectivity index (χ3n) is 4.84.